The van der Waals surface area contributed by atoms with Crippen LogP contribution in [0.15, 0.2) is 74.7 Å². The van der Waals surface area contributed by atoms with Crippen molar-refractivity contribution in [2.45, 2.75) is 11.8 Å². The molecule has 0 unspecified atom stereocenters. The molecule has 27 heavy (non-hydrogen) atoms. The lowest BCUT2D eigenvalue weighted by Crippen LogP contribution is -2.24. The number of nitrogens with one attached hydrogen (secondary N) is 1. The summed E-state index contributed by atoms with van der Waals surface area (Å²) in [6, 6.07) is 18.6. The lowest BCUT2D eigenvalue weighted by atomic mass is 10.2. The summed E-state index contributed by atoms with van der Waals surface area (Å²) in [4.78, 5) is 16.4. The highest BCUT2D eigenvalue weighted by Gasteiger charge is 2.10. The number of para-hydroxylation sites is 2. The number of rotatable bonds is 6. The number of amides is 1. The first kappa shape index (κ1) is 17.7. The number of benzene rings is 2. The van der Waals surface area contributed by atoms with Crippen LogP contribution in [-0.2, 0) is 11.3 Å². The van der Waals surface area contributed by atoms with Crippen LogP contribution in [0, 0.1) is 0 Å². The van der Waals surface area contributed by atoms with Crippen molar-refractivity contribution in [2.24, 2.45) is 0 Å². The number of nitrogens with zero attached hydrogens (tertiary/aromatic N) is 1. The molecule has 1 amide bonds. The Morgan fingerprint density at radius 1 is 1.04 bits per heavy atom. The van der Waals surface area contributed by atoms with Gasteiger partial charge in [-0.15, -0.1) is 0 Å². The van der Waals surface area contributed by atoms with Crippen LogP contribution in [0.4, 0.5) is 0 Å². The van der Waals surface area contributed by atoms with Crippen LogP contribution < -0.4 is 5.32 Å². The molecule has 4 aromatic rings. The summed E-state index contributed by atoms with van der Waals surface area (Å²) in [6.45, 7) is 0.320. The fourth-order valence-electron chi connectivity index (χ4n) is 2.52. The SMILES string of the molecule is O=C(CSc1nc2ccccc2o1)NCc1ccc(-c2ccc(Cl)cc2)o1. The second kappa shape index (κ2) is 7.90. The molecule has 7 heteroatoms. The van der Waals surface area contributed by atoms with E-state index in [0.717, 1.165) is 16.8 Å². The smallest absolute Gasteiger partial charge is 0.257 e. The number of oxazole rings is 1. The number of hydrogen-bond donors (Lipinski definition) is 1. The van der Waals surface area contributed by atoms with E-state index in [2.05, 4.69) is 10.3 Å². The fraction of sp³-hybridized carbons (Fsp3) is 0.100. The third kappa shape index (κ3) is 4.35. The third-order valence-corrected chi connectivity index (χ3v) is 4.93. The molecule has 136 valence electrons. The Morgan fingerprint density at radius 2 is 1.85 bits per heavy atom. The number of aromatic nitrogens is 1. The van der Waals surface area contributed by atoms with E-state index in [-0.39, 0.29) is 11.7 Å². The molecular formula is C20H15ClN2O3S. The standard InChI is InChI=1S/C20H15ClN2O3S/c21-14-7-5-13(6-8-14)17-10-9-15(25-17)11-22-19(24)12-27-20-23-16-3-1-2-4-18(16)26-20/h1-10H,11-12H2,(H,22,24). The molecule has 0 spiro atoms. The first-order chi connectivity index (χ1) is 13.2. The van der Waals surface area contributed by atoms with Crippen molar-refractivity contribution in [1.82, 2.24) is 10.3 Å². The summed E-state index contributed by atoms with van der Waals surface area (Å²) in [5.41, 5.74) is 2.43. The zero-order valence-corrected chi connectivity index (χ0v) is 15.7. The lowest BCUT2D eigenvalue weighted by molar-refractivity contribution is -0.118. The summed E-state index contributed by atoms with van der Waals surface area (Å²) in [7, 11) is 0. The maximum Gasteiger partial charge on any atom is 0.257 e. The van der Waals surface area contributed by atoms with Gasteiger partial charge in [0.15, 0.2) is 5.58 Å². The van der Waals surface area contributed by atoms with Crippen LogP contribution in [-0.4, -0.2) is 16.6 Å². The molecule has 1 N–H and O–H groups in total. The second-order valence-corrected chi connectivity index (χ2v) is 7.15. The van der Waals surface area contributed by atoms with Crippen molar-refractivity contribution in [3.05, 3.63) is 71.4 Å². The van der Waals surface area contributed by atoms with Gasteiger partial charge < -0.3 is 14.2 Å². The monoisotopic (exact) mass is 398 g/mol. The molecule has 0 radical (unpaired) electrons. The van der Waals surface area contributed by atoms with E-state index in [0.29, 0.717) is 28.1 Å². The Morgan fingerprint density at radius 3 is 2.67 bits per heavy atom. The zero-order valence-electron chi connectivity index (χ0n) is 14.1. The van der Waals surface area contributed by atoms with E-state index in [9.17, 15) is 4.79 Å². The van der Waals surface area contributed by atoms with E-state index in [1.54, 1.807) is 0 Å². The number of furan rings is 1. The molecule has 2 heterocycles. The molecule has 5 nitrogen and oxygen atoms in total. The quantitative estimate of drug-likeness (QED) is 0.455. The first-order valence-electron chi connectivity index (χ1n) is 8.27. The minimum Gasteiger partial charge on any atom is -0.459 e. The Balaban J connectivity index is 1.29. The molecule has 0 aliphatic carbocycles. The van der Waals surface area contributed by atoms with Crippen LogP contribution in [0.25, 0.3) is 22.4 Å². The van der Waals surface area contributed by atoms with Gasteiger partial charge in [0.25, 0.3) is 5.22 Å². The average molecular weight is 399 g/mol. The molecule has 2 aromatic heterocycles. The summed E-state index contributed by atoms with van der Waals surface area (Å²) in [5, 5.41) is 3.99. The molecule has 0 fully saturated rings. The summed E-state index contributed by atoms with van der Waals surface area (Å²) in [6.07, 6.45) is 0. The summed E-state index contributed by atoms with van der Waals surface area (Å²) in [5.74, 6) is 1.51. The highest BCUT2D eigenvalue weighted by atomic mass is 35.5. The fourth-order valence-corrected chi connectivity index (χ4v) is 3.31. The van der Waals surface area contributed by atoms with Crippen molar-refractivity contribution < 1.29 is 13.6 Å². The first-order valence-corrected chi connectivity index (χ1v) is 9.63. The van der Waals surface area contributed by atoms with Gasteiger partial charge in [0.05, 0.1) is 12.3 Å². The molecule has 0 atom stereocenters. The van der Waals surface area contributed by atoms with Crippen LogP contribution in [0.2, 0.25) is 5.02 Å². The van der Waals surface area contributed by atoms with E-state index in [4.69, 9.17) is 20.4 Å². The predicted octanol–water partition coefficient (Wildman–Crippen LogP) is 5.15. The number of carbonyl (C=O) groups excluding carboxylic acids is 1. The van der Waals surface area contributed by atoms with Gasteiger partial charge in [-0.05, 0) is 48.5 Å². The van der Waals surface area contributed by atoms with Crippen LogP contribution in [0.5, 0.6) is 0 Å². The average Bonchev–Trinajstić information content (AvgIpc) is 3.32. The summed E-state index contributed by atoms with van der Waals surface area (Å²) < 4.78 is 11.4. The van der Waals surface area contributed by atoms with Gasteiger partial charge in [-0.1, -0.05) is 35.5 Å². The lowest BCUT2D eigenvalue weighted by Gasteiger charge is -2.02. The topological polar surface area (TPSA) is 68.3 Å². The van der Waals surface area contributed by atoms with E-state index >= 15 is 0 Å². The van der Waals surface area contributed by atoms with Gasteiger partial charge in [0, 0.05) is 10.6 Å². The molecule has 0 saturated heterocycles. The third-order valence-electron chi connectivity index (χ3n) is 3.85. The Hall–Kier alpha value is -2.70. The summed E-state index contributed by atoms with van der Waals surface area (Å²) >= 11 is 7.15. The highest BCUT2D eigenvalue weighted by molar-refractivity contribution is 7.99. The molecule has 0 aliphatic heterocycles. The molecule has 2 aromatic carbocycles. The molecular weight excluding hydrogens is 384 g/mol. The number of carbonyl (C=O) groups is 1. The number of halogens is 1. The maximum atomic E-state index is 12.1. The van der Waals surface area contributed by atoms with Gasteiger partial charge in [-0.2, -0.15) is 0 Å². The Kier molecular flexibility index (Phi) is 5.18. The molecule has 0 aliphatic rings. The van der Waals surface area contributed by atoms with Crippen molar-refractivity contribution in [1.29, 1.82) is 0 Å². The minimum atomic E-state index is -0.119. The number of hydrogen-bond acceptors (Lipinski definition) is 5. The zero-order chi connectivity index (χ0) is 18.6. The number of fused-ring (bicyclic) bond motifs is 1. The van der Waals surface area contributed by atoms with Gasteiger partial charge in [-0.3, -0.25) is 4.79 Å². The van der Waals surface area contributed by atoms with E-state index in [1.165, 1.54) is 11.8 Å². The molecule has 0 bridgehead atoms. The predicted molar refractivity (Wildman–Crippen MR) is 106 cm³/mol. The van der Waals surface area contributed by atoms with Gasteiger partial charge in [-0.25, -0.2) is 4.98 Å². The van der Waals surface area contributed by atoms with Crippen molar-refractivity contribution in [3.63, 3.8) is 0 Å². The van der Waals surface area contributed by atoms with Crippen molar-refractivity contribution >= 4 is 40.4 Å². The van der Waals surface area contributed by atoms with E-state index in [1.807, 2.05) is 60.7 Å². The molecule has 0 saturated carbocycles. The van der Waals surface area contributed by atoms with Crippen LogP contribution >= 0.6 is 23.4 Å². The highest BCUT2D eigenvalue weighted by Crippen LogP contribution is 2.24. The second-order valence-electron chi connectivity index (χ2n) is 5.79. The van der Waals surface area contributed by atoms with Crippen LogP contribution in [0.1, 0.15) is 5.76 Å². The van der Waals surface area contributed by atoms with Gasteiger partial charge in [0.2, 0.25) is 5.91 Å². The van der Waals surface area contributed by atoms with Gasteiger partial charge in [0.1, 0.15) is 17.0 Å². The van der Waals surface area contributed by atoms with Crippen molar-refractivity contribution in [2.75, 3.05) is 5.75 Å². The Bertz CT molecular complexity index is 1040. The van der Waals surface area contributed by atoms with Gasteiger partial charge >= 0.3 is 0 Å². The maximum absolute atomic E-state index is 12.1. The van der Waals surface area contributed by atoms with Crippen molar-refractivity contribution in [3.8, 4) is 11.3 Å². The molecule has 4 rings (SSSR count). The minimum absolute atomic E-state index is 0.119. The largest absolute Gasteiger partial charge is 0.459 e. The normalized spacial score (nSPS) is 11.0. The van der Waals surface area contributed by atoms with Crippen LogP contribution in [0.3, 0.4) is 0 Å². The van der Waals surface area contributed by atoms with E-state index < -0.39 is 0 Å². The number of thioether (sulfide) groups is 1. The Labute approximate surface area is 164 Å².